The van der Waals surface area contributed by atoms with Gasteiger partial charge in [-0.1, -0.05) is 19.0 Å². The predicted octanol–water partition coefficient (Wildman–Crippen LogP) is 1.93. The van der Waals surface area contributed by atoms with Gasteiger partial charge < -0.3 is 14.9 Å². The molecule has 0 radical (unpaired) electrons. The molecule has 0 bridgehead atoms. The van der Waals surface area contributed by atoms with Gasteiger partial charge in [0, 0.05) is 12.0 Å². The van der Waals surface area contributed by atoms with Gasteiger partial charge in [0.15, 0.2) is 5.69 Å². The summed E-state index contributed by atoms with van der Waals surface area (Å²) in [5, 5.41) is 15.5. The van der Waals surface area contributed by atoms with Gasteiger partial charge in [-0.3, -0.25) is 4.79 Å². The molecule has 0 unspecified atom stereocenters. The molecule has 0 spiro atoms. The van der Waals surface area contributed by atoms with Crippen LogP contribution in [-0.2, 0) is 4.79 Å². The van der Waals surface area contributed by atoms with Crippen molar-refractivity contribution in [3.05, 3.63) is 17.5 Å². The molecule has 0 saturated heterocycles. The number of nitrogens with zero attached hydrogens (tertiary/aromatic N) is 1. The van der Waals surface area contributed by atoms with Crippen LogP contribution in [0.5, 0.6) is 0 Å². The van der Waals surface area contributed by atoms with Crippen molar-refractivity contribution in [1.82, 2.24) is 10.5 Å². The first-order valence-electron chi connectivity index (χ1n) is 6.55. The summed E-state index contributed by atoms with van der Waals surface area (Å²) in [5.74, 6) is -0.451. The van der Waals surface area contributed by atoms with Crippen LogP contribution in [0.15, 0.2) is 10.6 Å². The number of amides is 1. The van der Waals surface area contributed by atoms with Gasteiger partial charge in [0.1, 0.15) is 11.3 Å². The maximum absolute atomic E-state index is 12.0. The molecule has 0 aliphatic heterocycles. The summed E-state index contributed by atoms with van der Waals surface area (Å²) in [6.07, 6.45) is 2.74. The molecule has 1 fully saturated rings. The predicted molar refractivity (Wildman–Crippen MR) is 66.9 cm³/mol. The third-order valence-electron chi connectivity index (χ3n) is 3.71. The first-order chi connectivity index (χ1) is 9.02. The molecule has 6 nitrogen and oxygen atoms in total. The third-order valence-corrected chi connectivity index (χ3v) is 3.71. The van der Waals surface area contributed by atoms with E-state index in [1.165, 1.54) is 0 Å². The minimum Gasteiger partial charge on any atom is -0.480 e. The monoisotopic (exact) mass is 266 g/mol. The summed E-state index contributed by atoms with van der Waals surface area (Å²) in [6, 6.07) is 1.60. The maximum Gasteiger partial charge on any atom is 0.329 e. The second-order valence-corrected chi connectivity index (χ2v) is 4.94. The van der Waals surface area contributed by atoms with Crippen LogP contribution in [0, 0.1) is 0 Å². The van der Waals surface area contributed by atoms with Crippen LogP contribution in [-0.4, -0.2) is 27.7 Å². The van der Waals surface area contributed by atoms with E-state index in [4.69, 9.17) is 4.52 Å². The van der Waals surface area contributed by atoms with Crippen molar-refractivity contribution in [3.8, 4) is 0 Å². The molecule has 1 heterocycles. The Morgan fingerprint density at radius 3 is 2.58 bits per heavy atom. The number of carbonyl (C=O) groups excluding carboxylic acids is 1. The minimum atomic E-state index is -1.24. The molecule has 19 heavy (non-hydrogen) atoms. The smallest absolute Gasteiger partial charge is 0.329 e. The molecule has 1 aromatic heterocycles. The second kappa shape index (κ2) is 5.03. The van der Waals surface area contributed by atoms with Crippen LogP contribution >= 0.6 is 0 Å². The average molecular weight is 266 g/mol. The fraction of sp³-hybridized carbons (Fsp3) is 0.615. The number of aromatic nitrogens is 1. The molecule has 1 aliphatic carbocycles. The van der Waals surface area contributed by atoms with Gasteiger partial charge >= 0.3 is 5.97 Å². The Bertz CT molecular complexity index is 487. The molecule has 1 amide bonds. The topological polar surface area (TPSA) is 92.4 Å². The zero-order valence-electron chi connectivity index (χ0n) is 11.1. The first kappa shape index (κ1) is 13.6. The van der Waals surface area contributed by atoms with E-state index in [0.29, 0.717) is 24.5 Å². The number of carboxylic acids is 1. The molecule has 6 heteroatoms. The van der Waals surface area contributed by atoms with Crippen molar-refractivity contribution in [2.75, 3.05) is 0 Å². The van der Waals surface area contributed by atoms with Gasteiger partial charge in [0.05, 0.1) is 0 Å². The number of carbonyl (C=O) groups is 2. The van der Waals surface area contributed by atoms with Gasteiger partial charge in [-0.15, -0.1) is 0 Å². The number of rotatable bonds is 6. The van der Waals surface area contributed by atoms with Gasteiger partial charge in [0.2, 0.25) is 0 Å². The lowest BCUT2D eigenvalue weighted by Crippen LogP contribution is -2.53. The van der Waals surface area contributed by atoms with Gasteiger partial charge in [0.25, 0.3) is 5.91 Å². The van der Waals surface area contributed by atoms with Gasteiger partial charge in [-0.2, -0.15) is 0 Å². The highest BCUT2D eigenvalue weighted by Crippen LogP contribution is 2.40. The quantitative estimate of drug-likeness (QED) is 0.820. The van der Waals surface area contributed by atoms with Crippen molar-refractivity contribution in [2.24, 2.45) is 0 Å². The van der Waals surface area contributed by atoms with Crippen LogP contribution in [0.1, 0.15) is 61.7 Å². The van der Waals surface area contributed by atoms with E-state index in [2.05, 4.69) is 10.5 Å². The van der Waals surface area contributed by atoms with Crippen LogP contribution < -0.4 is 5.32 Å². The number of hydrogen-bond acceptors (Lipinski definition) is 4. The van der Waals surface area contributed by atoms with E-state index in [9.17, 15) is 14.7 Å². The Morgan fingerprint density at radius 1 is 1.47 bits per heavy atom. The summed E-state index contributed by atoms with van der Waals surface area (Å²) < 4.78 is 5.09. The van der Waals surface area contributed by atoms with Crippen molar-refractivity contribution < 1.29 is 19.2 Å². The summed E-state index contributed by atoms with van der Waals surface area (Å²) in [5.41, 5.74) is -1.09. The highest BCUT2D eigenvalue weighted by atomic mass is 16.5. The molecule has 1 aromatic rings. The fourth-order valence-electron chi connectivity index (χ4n) is 2.02. The zero-order valence-corrected chi connectivity index (χ0v) is 11.1. The van der Waals surface area contributed by atoms with Crippen molar-refractivity contribution in [1.29, 1.82) is 0 Å². The Balaban J connectivity index is 2.11. The average Bonchev–Trinajstić information content (AvgIpc) is 3.13. The number of nitrogens with one attached hydrogen (secondary N) is 1. The van der Waals surface area contributed by atoms with Gasteiger partial charge in [-0.05, 0) is 25.7 Å². The molecule has 0 aromatic carbocycles. The van der Waals surface area contributed by atoms with Crippen LogP contribution in [0.2, 0.25) is 0 Å². The lowest BCUT2D eigenvalue weighted by atomic mass is 9.93. The fourth-order valence-corrected chi connectivity index (χ4v) is 2.02. The zero-order chi connectivity index (χ0) is 14.0. The molecule has 2 rings (SSSR count). The molecule has 1 aliphatic rings. The van der Waals surface area contributed by atoms with E-state index in [1.807, 2.05) is 0 Å². The largest absolute Gasteiger partial charge is 0.480 e. The van der Waals surface area contributed by atoms with E-state index in [-0.39, 0.29) is 5.69 Å². The Kier molecular flexibility index (Phi) is 3.59. The van der Waals surface area contributed by atoms with Crippen LogP contribution in [0.4, 0.5) is 0 Å². The molecule has 1 saturated carbocycles. The second-order valence-electron chi connectivity index (χ2n) is 4.94. The first-order valence-corrected chi connectivity index (χ1v) is 6.55. The van der Waals surface area contributed by atoms with Gasteiger partial charge in [-0.25, -0.2) is 4.79 Å². The lowest BCUT2D eigenvalue weighted by Gasteiger charge is -2.27. The number of aliphatic carboxylic acids is 1. The Hall–Kier alpha value is -1.85. The summed E-state index contributed by atoms with van der Waals surface area (Å²) in [7, 11) is 0. The SMILES string of the molecule is CCC(CC)(NC(=O)c1cc(C2CC2)on1)C(=O)O. The van der Waals surface area contributed by atoms with Crippen molar-refractivity contribution in [2.45, 2.75) is 51.0 Å². The molecular weight excluding hydrogens is 248 g/mol. The highest BCUT2D eigenvalue weighted by molar-refractivity contribution is 5.96. The van der Waals surface area contributed by atoms with Crippen molar-refractivity contribution >= 4 is 11.9 Å². The van der Waals surface area contributed by atoms with E-state index >= 15 is 0 Å². The number of carboxylic acid groups (broad SMARTS) is 1. The summed E-state index contributed by atoms with van der Waals surface area (Å²) >= 11 is 0. The Morgan fingerprint density at radius 2 is 2.11 bits per heavy atom. The maximum atomic E-state index is 12.0. The Labute approximate surface area is 111 Å². The van der Waals surface area contributed by atoms with E-state index < -0.39 is 17.4 Å². The number of hydrogen-bond donors (Lipinski definition) is 2. The third kappa shape index (κ3) is 2.62. The molecule has 0 atom stereocenters. The van der Waals surface area contributed by atoms with E-state index in [1.54, 1.807) is 19.9 Å². The summed E-state index contributed by atoms with van der Waals surface area (Å²) in [4.78, 5) is 23.4. The van der Waals surface area contributed by atoms with E-state index in [0.717, 1.165) is 12.8 Å². The van der Waals surface area contributed by atoms with Crippen LogP contribution in [0.25, 0.3) is 0 Å². The normalized spacial score (nSPS) is 15.3. The van der Waals surface area contributed by atoms with Crippen molar-refractivity contribution in [3.63, 3.8) is 0 Å². The standard InChI is InChI=1S/C13H18N2O4/c1-3-13(4-2,12(17)18)14-11(16)9-7-10(19-15-9)8-5-6-8/h7-8H,3-6H2,1-2H3,(H,14,16)(H,17,18). The summed E-state index contributed by atoms with van der Waals surface area (Å²) in [6.45, 7) is 3.46. The minimum absolute atomic E-state index is 0.148. The highest BCUT2D eigenvalue weighted by Gasteiger charge is 2.37. The molecule has 2 N–H and O–H groups in total. The lowest BCUT2D eigenvalue weighted by molar-refractivity contribution is -0.144. The molecular formula is C13H18N2O4. The molecule has 104 valence electrons. The van der Waals surface area contributed by atoms with Crippen LogP contribution in [0.3, 0.4) is 0 Å².